The van der Waals surface area contributed by atoms with Gasteiger partial charge in [-0.3, -0.25) is 0 Å². The van der Waals surface area contributed by atoms with Crippen LogP contribution in [-0.4, -0.2) is 23.8 Å². The summed E-state index contributed by atoms with van der Waals surface area (Å²) in [5.74, 6) is 0. The van der Waals surface area contributed by atoms with E-state index in [0.717, 1.165) is 21.5 Å². The summed E-state index contributed by atoms with van der Waals surface area (Å²) in [6.07, 6.45) is 0.548. The minimum atomic E-state index is -0.465. The highest BCUT2D eigenvalue weighted by Crippen LogP contribution is 2.25. The lowest BCUT2D eigenvalue weighted by Gasteiger charge is -2.19. The fourth-order valence-corrected chi connectivity index (χ4v) is 2.69. The molecule has 0 aromatic heterocycles. The molecule has 0 bridgehead atoms. The van der Waals surface area contributed by atoms with Gasteiger partial charge >= 0.3 is 6.09 Å². The van der Waals surface area contributed by atoms with Crippen LogP contribution in [0.3, 0.4) is 0 Å². The summed E-state index contributed by atoms with van der Waals surface area (Å²) in [5, 5.41) is 6.97. The van der Waals surface area contributed by atoms with E-state index in [0.29, 0.717) is 6.54 Å². The van der Waals surface area contributed by atoms with Crippen LogP contribution in [0.2, 0.25) is 5.02 Å². The molecule has 0 aliphatic heterocycles. The van der Waals surface area contributed by atoms with Crippen molar-refractivity contribution in [3.05, 3.63) is 33.3 Å². The molecule has 1 aromatic rings. The standard InChI is InChI=1S/C15H20BrClN2O2/c1-15(2,3)21-14(20)19-13-7-12(13)18-8-9-4-5-10(16)6-11(9)17/h4-6,12-13,18H,7-8H2,1-3H3,(H,19,20). The van der Waals surface area contributed by atoms with Crippen molar-refractivity contribution in [1.29, 1.82) is 0 Å². The van der Waals surface area contributed by atoms with Crippen LogP contribution >= 0.6 is 27.5 Å². The second-order valence-electron chi connectivity index (χ2n) is 6.21. The van der Waals surface area contributed by atoms with Crippen molar-refractivity contribution in [2.45, 2.75) is 51.4 Å². The van der Waals surface area contributed by atoms with E-state index in [-0.39, 0.29) is 18.2 Å². The van der Waals surface area contributed by atoms with E-state index in [1.54, 1.807) is 0 Å². The van der Waals surface area contributed by atoms with Gasteiger partial charge in [-0.2, -0.15) is 0 Å². The Morgan fingerprint density at radius 3 is 2.76 bits per heavy atom. The minimum absolute atomic E-state index is 0.133. The Kier molecular flexibility index (Phi) is 5.17. The number of alkyl carbamates (subject to hydrolysis) is 1. The number of amides is 1. The van der Waals surface area contributed by atoms with Crippen molar-refractivity contribution in [2.75, 3.05) is 0 Å². The highest BCUT2D eigenvalue weighted by molar-refractivity contribution is 9.10. The monoisotopic (exact) mass is 374 g/mol. The molecule has 6 heteroatoms. The molecule has 0 saturated heterocycles. The molecule has 1 fully saturated rings. The van der Waals surface area contributed by atoms with Gasteiger partial charge in [-0.1, -0.05) is 33.6 Å². The fourth-order valence-electron chi connectivity index (χ4n) is 1.95. The Morgan fingerprint density at radius 2 is 2.14 bits per heavy atom. The van der Waals surface area contributed by atoms with E-state index < -0.39 is 5.60 Å². The maximum absolute atomic E-state index is 11.6. The van der Waals surface area contributed by atoms with Gasteiger partial charge in [0.25, 0.3) is 0 Å². The van der Waals surface area contributed by atoms with E-state index in [9.17, 15) is 4.79 Å². The summed E-state index contributed by atoms with van der Waals surface area (Å²) < 4.78 is 6.19. The second kappa shape index (κ2) is 6.55. The molecule has 2 rings (SSSR count). The van der Waals surface area contributed by atoms with E-state index in [2.05, 4.69) is 26.6 Å². The molecule has 1 aliphatic rings. The molecule has 1 saturated carbocycles. The number of nitrogens with one attached hydrogen (secondary N) is 2. The van der Waals surface area contributed by atoms with Gasteiger partial charge < -0.3 is 15.4 Å². The Balaban J connectivity index is 1.74. The van der Waals surface area contributed by atoms with Gasteiger partial charge in [-0.05, 0) is 44.9 Å². The lowest BCUT2D eigenvalue weighted by molar-refractivity contribution is 0.0522. The fraction of sp³-hybridized carbons (Fsp3) is 0.533. The average Bonchev–Trinajstić information content (AvgIpc) is 3.03. The summed E-state index contributed by atoms with van der Waals surface area (Å²) in [7, 11) is 0. The first kappa shape index (κ1) is 16.6. The van der Waals surface area contributed by atoms with E-state index in [1.165, 1.54) is 0 Å². The Bertz CT molecular complexity index is 531. The SMILES string of the molecule is CC(C)(C)OC(=O)NC1CC1NCc1ccc(Br)cc1Cl. The molecule has 1 aliphatic carbocycles. The number of benzene rings is 1. The summed E-state index contributed by atoms with van der Waals surface area (Å²) in [6, 6.07) is 6.23. The van der Waals surface area contributed by atoms with Gasteiger partial charge in [-0.25, -0.2) is 4.79 Å². The number of carbonyl (C=O) groups excluding carboxylic acids is 1. The first-order valence-electron chi connectivity index (χ1n) is 6.91. The zero-order valence-electron chi connectivity index (χ0n) is 12.4. The summed E-state index contributed by atoms with van der Waals surface area (Å²) in [6.45, 7) is 6.24. The van der Waals surface area contributed by atoms with Crippen molar-refractivity contribution < 1.29 is 9.53 Å². The van der Waals surface area contributed by atoms with Crippen LogP contribution in [0.25, 0.3) is 0 Å². The van der Waals surface area contributed by atoms with Crippen molar-refractivity contribution >= 4 is 33.6 Å². The van der Waals surface area contributed by atoms with Gasteiger partial charge in [0.15, 0.2) is 0 Å². The Morgan fingerprint density at radius 1 is 1.43 bits per heavy atom. The first-order valence-corrected chi connectivity index (χ1v) is 8.08. The third-order valence-corrected chi connectivity index (χ3v) is 3.91. The molecule has 1 amide bonds. The average molecular weight is 376 g/mol. The smallest absolute Gasteiger partial charge is 0.407 e. The lowest BCUT2D eigenvalue weighted by Crippen LogP contribution is -2.36. The van der Waals surface area contributed by atoms with Gasteiger partial charge in [0.2, 0.25) is 0 Å². The van der Waals surface area contributed by atoms with Crippen LogP contribution in [-0.2, 0) is 11.3 Å². The minimum Gasteiger partial charge on any atom is -0.444 e. The first-order chi connectivity index (χ1) is 9.74. The van der Waals surface area contributed by atoms with Crippen molar-refractivity contribution in [1.82, 2.24) is 10.6 Å². The summed E-state index contributed by atoms with van der Waals surface area (Å²) in [5.41, 5.74) is 0.579. The molecule has 0 spiro atoms. The quantitative estimate of drug-likeness (QED) is 0.840. The molecule has 0 radical (unpaired) electrons. The predicted octanol–water partition coefficient (Wildman–Crippen LogP) is 3.86. The molecule has 4 nitrogen and oxygen atoms in total. The zero-order chi connectivity index (χ0) is 15.6. The van der Waals surface area contributed by atoms with E-state index in [4.69, 9.17) is 16.3 Å². The molecule has 116 valence electrons. The molecular weight excluding hydrogens is 356 g/mol. The van der Waals surface area contributed by atoms with Crippen LogP contribution in [0.5, 0.6) is 0 Å². The normalized spacial score (nSPS) is 21.0. The predicted molar refractivity (Wildman–Crippen MR) is 87.6 cm³/mol. The molecular formula is C15H20BrClN2O2. The van der Waals surface area contributed by atoms with Crippen LogP contribution in [0.1, 0.15) is 32.8 Å². The van der Waals surface area contributed by atoms with Gasteiger partial charge in [0, 0.05) is 28.1 Å². The highest BCUT2D eigenvalue weighted by atomic mass is 79.9. The van der Waals surface area contributed by atoms with Crippen LogP contribution in [0.4, 0.5) is 4.79 Å². The lowest BCUT2D eigenvalue weighted by atomic mass is 10.2. The maximum atomic E-state index is 11.6. The number of ether oxygens (including phenoxy) is 1. The molecule has 2 atom stereocenters. The number of hydrogen-bond acceptors (Lipinski definition) is 3. The molecule has 2 N–H and O–H groups in total. The van der Waals surface area contributed by atoms with Crippen LogP contribution < -0.4 is 10.6 Å². The van der Waals surface area contributed by atoms with Crippen molar-refractivity contribution in [3.63, 3.8) is 0 Å². The van der Waals surface area contributed by atoms with Gasteiger partial charge in [0.1, 0.15) is 5.60 Å². The van der Waals surface area contributed by atoms with Crippen LogP contribution in [0, 0.1) is 0 Å². The maximum Gasteiger partial charge on any atom is 0.407 e. The Hall–Kier alpha value is -0.780. The summed E-state index contributed by atoms with van der Waals surface area (Å²) >= 11 is 9.55. The topological polar surface area (TPSA) is 50.4 Å². The number of carbonyl (C=O) groups is 1. The molecule has 2 unspecified atom stereocenters. The van der Waals surface area contributed by atoms with Gasteiger partial charge in [-0.15, -0.1) is 0 Å². The largest absolute Gasteiger partial charge is 0.444 e. The van der Waals surface area contributed by atoms with E-state index >= 15 is 0 Å². The van der Waals surface area contributed by atoms with Crippen molar-refractivity contribution in [2.24, 2.45) is 0 Å². The number of rotatable bonds is 4. The third-order valence-electron chi connectivity index (χ3n) is 3.06. The van der Waals surface area contributed by atoms with E-state index in [1.807, 2.05) is 39.0 Å². The van der Waals surface area contributed by atoms with Crippen LogP contribution in [0.15, 0.2) is 22.7 Å². The second-order valence-corrected chi connectivity index (χ2v) is 7.53. The number of halogens is 2. The highest BCUT2D eigenvalue weighted by Gasteiger charge is 2.38. The molecule has 1 aromatic carbocycles. The molecule has 0 heterocycles. The summed E-state index contributed by atoms with van der Waals surface area (Å²) in [4.78, 5) is 11.6. The zero-order valence-corrected chi connectivity index (χ0v) is 14.7. The Labute approximate surface area is 138 Å². The third kappa shape index (κ3) is 5.49. The number of hydrogen-bond donors (Lipinski definition) is 2. The van der Waals surface area contributed by atoms with Gasteiger partial charge in [0.05, 0.1) is 0 Å². The molecule has 21 heavy (non-hydrogen) atoms. The van der Waals surface area contributed by atoms with Crippen molar-refractivity contribution in [3.8, 4) is 0 Å².